The molecule has 15 heavy (non-hydrogen) atoms. The lowest BCUT2D eigenvalue weighted by molar-refractivity contribution is -0.0407. The van der Waals surface area contributed by atoms with E-state index in [4.69, 9.17) is 0 Å². The van der Waals surface area contributed by atoms with Gasteiger partial charge < -0.3 is 5.11 Å². The highest BCUT2D eigenvalue weighted by Crippen LogP contribution is 2.38. The average Bonchev–Trinajstić information content (AvgIpc) is 2.13. The molecular formula is C14H20O. The fourth-order valence-electron chi connectivity index (χ4n) is 2.28. The molecule has 2 rings (SSSR count). The molecule has 1 nitrogen and oxygen atoms in total. The van der Waals surface area contributed by atoms with Gasteiger partial charge in [0, 0.05) is 0 Å². The Morgan fingerprint density at radius 1 is 1.27 bits per heavy atom. The lowest BCUT2D eigenvalue weighted by Crippen LogP contribution is -2.39. The standard InChI is InChI=1S/C14H20O/c1-14(15,13-8-5-9-13)11-10-12-6-3-2-4-7-12/h2-4,6-7,13,15H,5,8-11H2,1H3. The second kappa shape index (κ2) is 4.36. The number of hydrogen-bond donors (Lipinski definition) is 1. The fourth-order valence-corrected chi connectivity index (χ4v) is 2.28. The maximum absolute atomic E-state index is 10.3. The Labute approximate surface area is 92.1 Å². The summed E-state index contributed by atoms with van der Waals surface area (Å²) in [5.41, 5.74) is 0.880. The highest BCUT2D eigenvalue weighted by Gasteiger charge is 2.35. The van der Waals surface area contributed by atoms with E-state index in [1.165, 1.54) is 24.8 Å². The van der Waals surface area contributed by atoms with Crippen molar-refractivity contribution in [2.45, 2.75) is 44.6 Å². The van der Waals surface area contributed by atoms with Gasteiger partial charge in [0.15, 0.2) is 0 Å². The molecule has 0 aliphatic heterocycles. The summed E-state index contributed by atoms with van der Waals surface area (Å²) < 4.78 is 0. The van der Waals surface area contributed by atoms with Crippen molar-refractivity contribution in [1.82, 2.24) is 0 Å². The first-order valence-corrected chi connectivity index (χ1v) is 5.95. The molecule has 1 aliphatic carbocycles. The van der Waals surface area contributed by atoms with E-state index in [1.54, 1.807) is 0 Å². The minimum absolute atomic E-state index is 0.450. The Hall–Kier alpha value is -0.820. The number of benzene rings is 1. The SMILES string of the molecule is CC(O)(CCc1ccccc1)C1CCC1. The second-order valence-corrected chi connectivity index (χ2v) is 4.97. The molecule has 0 bridgehead atoms. The summed E-state index contributed by atoms with van der Waals surface area (Å²) in [5.74, 6) is 0.543. The highest BCUT2D eigenvalue weighted by molar-refractivity contribution is 5.15. The van der Waals surface area contributed by atoms with Crippen molar-refractivity contribution in [2.75, 3.05) is 0 Å². The predicted octanol–water partition coefficient (Wildman–Crippen LogP) is 3.17. The molecule has 1 heteroatoms. The monoisotopic (exact) mass is 204 g/mol. The second-order valence-electron chi connectivity index (χ2n) is 4.97. The zero-order valence-electron chi connectivity index (χ0n) is 9.45. The van der Waals surface area contributed by atoms with Gasteiger partial charge in [-0.15, -0.1) is 0 Å². The zero-order valence-corrected chi connectivity index (χ0v) is 9.45. The van der Waals surface area contributed by atoms with Crippen LogP contribution >= 0.6 is 0 Å². The van der Waals surface area contributed by atoms with E-state index in [1.807, 2.05) is 13.0 Å². The molecule has 0 spiro atoms. The third-order valence-electron chi connectivity index (χ3n) is 3.75. The van der Waals surface area contributed by atoms with Crippen LogP contribution in [0.4, 0.5) is 0 Å². The van der Waals surface area contributed by atoms with Crippen LogP contribution in [-0.2, 0) is 6.42 Å². The molecule has 82 valence electrons. The quantitative estimate of drug-likeness (QED) is 0.798. The molecule has 0 amide bonds. The van der Waals surface area contributed by atoms with Gasteiger partial charge in [0.1, 0.15) is 0 Å². The van der Waals surface area contributed by atoms with Crippen LogP contribution in [0.2, 0.25) is 0 Å². The number of rotatable bonds is 4. The van der Waals surface area contributed by atoms with Crippen molar-refractivity contribution in [2.24, 2.45) is 5.92 Å². The Morgan fingerprint density at radius 2 is 1.93 bits per heavy atom. The summed E-state index contributed by atoms with van der Waals surface area (Å²) in [6, 6.07) is 10.4. The van der Waals surface area contributed by atoms with Gasteiger partial charge in [0.05, 0.1) is 5.60 Å². The van der Waals surface area contributed by atoms with E-state index in [0.29, 0.717) is 5.92 Å². The van der Waals surface area contributed by atoms with Gasteiger partial charge in [-0.1, -0.05) is 36.8 Å². The van der Waals surface area contributed by atoms with Gasteiger partial charge in [-0.2, -0.15) is 0 Å². The maximum atomic E-state index is 10.3. The van der Waals surface area contributed by atoms with Crippen molar-refractivity contribution < 1.29 is 5.11 Å². The zero-order chi connectivity index (χ0) is 10.7. The fraction of sp³-hybridized carbons (Fsp3) is 0.571. The van der Waals surface area contributed by atoms with Crippen LogP contribution in [0.1, 0.15) is 38.2 Å². The molecular weight excluding hydrogens is 184 g/mol. The number of hydrogen-bond acceptors (Lipinski definition) is 1. The topological polar surface area (TPSA) is 20.2 Å². The van der Waals surface area contributed by atoms with Gasteiger partial charge in [-0.3, -0.25) is 0 Å². The number of aryl methyl sites for hydroxylation is 1. The molecule has 0 aromatic heterocycles. The first kappa shape index (κ1) is 10.7. The molecule has 1 saturated carbocycles. The summed E-state index contributed by atoms with van der Waals surface area (Å²) in [5, 5.41) is 10.3. The third-order valence-corrected chi connectivity index (χ3v) is 3.75. The molecule has 0 heterocycles. The molecule has 1 N–H and O–H groups in total. The summed E-state index contributed by atoms with van der Waals surface area (Å²) in [7, 11) is 0. The van der Waals surface area contributed by atoms with Crippen LogP contribution in [0.5, 0.6) is 0 Å². The van der Waals surface area contributed by atoms with E-state index in [9.17, 15) is 5.11 Å². The van der Waals surface area contributed by atoms with Crippen LogP contribution in [0, 0.1) is 5.92 Å². The molecule has 1 aromatic carbocycles. The average molecular weight is 204 g/mol. The largest absolute Gasteiger partial charge is 0.390 e. The van der Waals surface area contributed by atoms with Crippen LogP contribution in [0.15, 0.2) is 30.3 Å². The molecule has 1 aliphatic rings. The number of aliphatic hydroxyl groups is 1. The molecule has 1 atom stereocenters. The van der Waals surface area contributed by atoms with E-state index in [0.717, 1.165) is 12.8 Å². The van der Waals surface area contributed by atoms with Crippen LogP contribution in [0.25, 0.3) is 0 Å². The summed E-state index contributed by atoms with van der Waals surface area (Å²) in [6.07, 6.45) is 5.60. The smallest absolute Gasteiger partial charge is 0.0651 e. The third kappa shape index (κ3) is 2.60. The highest BCUT2D eigenvalue weighted by atomic mass is 16.3. The molecule has 1 unspecified atom stereocenters. The van der Waals surface area contributed by atoms with Gasteiger partial charge >= 0.3 is 0 Å². The predicted molar refractivity (Wildman–Crippen MR) is 62.7 cm³/mol. The van der Waals surface area contributed by atoms with Gasteiger partial charge in [-0.05, 0) is 44.1 Å². The van der Waals surface area contributed by atoms with E-state index in [2.05, 4.69) is 24.3 Å². The summed E-state index contributed by atoms with van der Waals surface area (Å²) >= 11 is 0. The minimum Gasteiger partial charge on any atom is -0.390 e. The molecule has 1 fully saturated rings. The van der Waals surface area contributed by atoms with Crippen molar-refractivity contribution in [3.8, 4) is 0 Å². The lowest BCUT2D eigenvalue weighted by atomic mass is 9.71. The first-order valence-electron chi connectivity index (χ1n) is 5.95. The van der Waals surface area contributed by atoms with E-state index in [-0.39, 0.29) is 0 Å². The maximum Gasteiger partial charge on any atom is 0.0651 e. The van der Waals surface area contributed by atoms with Gasteiger partial charge in [0.25, 0.3) is 0 Å². The Balaban J connectivity index is 1.87. The van der Waals surface area contributed by atoms with Crippen molar-refractivity contribution in [3.63, 3.8) is 0 Å². The Bertz CT molecular complexity index is 298. The lowest BCUT2D eigenvalue weighted by Gasteiger charge is -2.39. The van der Waals surface area contributed by atoms with E-state index < -0.39 is 5.60 Å². The normalized spacial score (nSPS) is 20.7. The summed E-state index contributed by atoms with van der Waals surface area (Å²) in [4.78, 5) is 0. The molecule has 0 radical (unpaired) electrons. The van der Waals surface area contributed by atoms with Gasteiger partial charge in [0.2, 0.25) is 0 Å². The minimum atomic E-state index is -0.450. The van der Waals surface area contributed by atoms with Gasteiger partial charge in [-0.25, -0.2) is 0 Å². The van der Waals surface area contributed by atoms with Crippen LogP contribution in [-0.4, -0.2) is 10.7 Å². The first-order chi connectivity index (χ1) is 7.18. The molecule has 1 aromatic rings. The van der Waals surface area contributed by atoms with Crippen LogP contribution < -0.4 is 0 Å². The van der Waals surface area contributed by atoms with Crippen molar-refractivity contribution in [1.29, 1.82) is 0 Å². The van der Waals surface area contributed by atoms with Crippen molar-refractivity contribution >= 4 is 0 Å². The Morgan fingerprint density at radius 3 is 2.47 bits per heavy atom. The Kier molecular flexibility index (Phi) is 3.11. The van der Waals surface area contributed by atoms with Crippen LogP contribution in [0.3, 0.4) is 0 Å². The van der Waals surface area contributed by atoms with Crippen molar-refractivity contribution in [3.05, 3.63) is 35.9 Å². The van der Waals surface area contributed by atoms with E-state index >= 15 is 0 Å². The summed E-state index contributed by atoms with van der Waals surface area (Å²) in [6.45, 7) is 2.00. The molecule has 0 saturated heterocycles.